The third kappa shape index (κ3) is 3.84. The van der Waals surface area contributed by atoms with Gasteiger partial charge < -0.3 is 10.0 Å². The molecule has 1 aromatic rings. The molecule has 0 heterocycles. The zero-order valence-electron chi connectivity index (χ0n) is 12.7. The van der Waals surface area contributed by atoms with Gasteiger partial charge in [-0.1, -0.05) is 25.0 Å². The van der Waals surface area contributed by atoms with Gasteiger partial charge in [0.15, 0.2) is 0 Å². The fraction of sp³-hybridized carbons (Fsp3) is 0.529. The van der Waals surface area contributed by atoms with E-state index in [0.717, 1.165) is 18.4 Å². The Bertz CT molecular complexity index is 501. The molecule has 0 spiro atoms. The lowest BCUT2D eigenvalue weighted by molar-refractivity contribution is -0.134. The Balaban J connectivity index is 2.05. The lowest BCUT2D eigenvalue weighted by Gasteiger charge is -2.33. The Morgan fingerprint density at radius 2 is 1.76 bits per heavy atom. The third-order valence-corrected chi connectivity index (χ3v) is 4.12. The summed E-state index contributed by atoms with van der Waals surface area (Å²) in [5.41, 5.74) is 1.12. The summed E-state index contributed by atoms with van der Waals surface area (Å²) in [4.78, 5) is 25.4. The predicted molar refractivity (Wildman–Crippen MR) is 81.3 cm³/mol. The molecule has 4 nitrogen and oxygen atoms in total. The molecule has 0 radical (unpaired) electrons. The number of nitrogens with zero attached hydrogens (tertiary/aromatic N) is 1. The molecule has 2 rings (SSSR count). The first kappa shape index (κ1) is 15.5. The van der Waals surface area contributed by atoms with Crippen LogP contribution in [-0.4, -0.2) is 34.0 Å². The normalized spacial score (nSPS) is 15.4. The maximum Gasteiger partial charge on any atom is 0.335 e. The molecular weight excluding hydrogens is 266 g/mol. The lowest BCUT2D eigenvalue weighted by Crippen LogP contribution is -2.44. The highest BCUT2D eigenvalue weighted by Crippen LogP contribution is 2.25. The Kier molecular flexibility index (Phi) is 4.99. The number of carbonyl (C=O) groups excluding carboxylic acids is 1. The van der Waals surface area contributed by atoms with Crippen LogP contribution in [0.5, 0.6) is 0 Å². The van der Waals surface area contributed by atoms with Crippen LogP contribution in [0.3, 0.4) is 0 Å². The van der Waals surface area contributed by atoms with Crippen LogP contribution in [-0.2, 0) is 11.2 Å². The third-order valence-electron chi connectivity index (χ3n) is 4.12. The van der Waals surface area contributed by atoms with E-state index in [2.05, 4.69) is 13.8 Å². The van der Waals surface area contributed by atoms with Crippen molar-refractivity contribution in [3.8, 4) is 0 Å². The zero-order valence-corrected chi connectivity index (χ0v) is 12.7. The van der Waals surface area contributed by atoms with Gasteiger partial charge in [0, 0.05) is 12.1 Å². The van der Waals surface area contributed by atoms with Crippen LogP contribution >= 0.6 is 0 Å². The van der Waals surface area contributed by atoms with E-state index in [1.165, 1.54) is 12.8 Å². The van der Waals surface area contributed by atoms with Crippen molar-refractivity contribution in [1.29, 1.82) is 0 Å². The lowest BCUT2D eigenvalue weighted by atomic mass is 10.1. The van der Waals surface area contributed by atoms with Gasteiger partial charge in [0.1, 0.15) is 0 Å². The highest BCUT2D eigenvalue weighted by molar-refractivity contribution is 5.87. The molecule has 114 valence electrons. The summed E-state index contributed by atoms with van der Waals surface area (Å²) < 4.78 is 0. The van der Waals surface area contributed by atoms with Crippen molar-refractivity contribution < 1.29 is 14.7 Å². The standard InChI is InChI=1S/C17H23NO3/c1-12(2)18(15-5-3-4-6-15)16(19)11-13-7-9-14(10-8-13)17(20)21/h7-10,12,15H,3-6,11H2,1-2H3,(H,20,21). The number of benzene rings is 1. The van der Waals surface area contributed by atoms with E-state index in [1.54, 1.807) is 24.3 Å². The van der Waals surface area contributed by atoms with E-state index in [4.69, 9.17) is 5.11 Å². The second kappa shape index (κ2) is 6.74. The van der Waals surface area contributed by atoms with E-state index >= 15 is 0 Å². The van der Waals surface area contributed by atoms with Crippen LogP contribution in [0.15, 0.2) is 24.3 Å². The first-order chi connectivity index (χ1) is 9.99. The summed E-state index contributed by atoms with van der Waals surface area (Å²) in [5.74, 6) is -0.803. The molecule has 0 aromatic heterocycles. The number of hydrogen-bond acceptors (Lipinski definition) is 2. The summed E-state index contributed by atoms with van der Waals surface area (Å²) in [6.45, 7) is 4.12. The van der Waals surface area contributed by atoms with Crippen LogP contribution in [0.4, 0.5) is 0 Å². The molecule has 1 fully saturated rings. The van der Waals surface area contributed by atoms with E-state index in [1.807, 2.05) is 4.90 Å². The summed E-state index contributed by atoms with van der Waals surface area (Å²) in [6.07, 6.45) is 4.95. The highest BCUT2D eigenvalue weighted by Gasteiger charge is 2.28. The SMILES string of the molecule is CC(C)N(C(=O)Cc1ccc(C(=O)O)cc1)C1CCCC1. The molecule has 1 N–H and O–H groups in total. The molecule has 4 heteroatoms. The number of carboxylic acids is 1. The van der Waals surface area contributed by atoms with Crippen molar-refractivity contribution >= 4 is 11.9 Å². The number of carboxylic acid groups (broad SMARTS) is 1. The van der Waals surface area contributed by atoms with Crippen LogP contribution < -0.4 is 0 Å². The van der Waals surface area contributed by atoms with Crippen LogP contribution in [0.2, 0.25) is 0 Å². The van der Waals surface area contributed by atoms with Crippen molar-refractivity contribution in [2.24, 2.45) is 0 Å². The largest absolute Gasteiger partial charge is 0.478 e. The topological polar surface area (TPSA) is 57.6 Å². The van der Waals surface area contributed by atoms with E-state index in [9.17, 15) is 9.59 Å². The Labute approximate surface area is 125 Å². The summed E-state index contributed by atoms with van der Waals surface area (Å²) in [7, 11) is 0. The second-order valence-electron chi connectivity index (χ2n) is 6.01. The first-order valence-corrected chi connectivity index (χ1v) is 7.62. The number of rotatable bonds is 5. The molecule has 0 bridgehead atoms. The van der Waals surface area contributed by atoms with Crippen LogP contribution in [0.1, 0.15) is 55.5 Å². The molecule has 1 aliphatic carbocycles. The Morgan fingerprint density at radius 1 is 1.19 bits per heavy atom. The monoisotopic (exact) mass is 289 g/mol. The van der Waals surface area contributed by atoms with Gasteiger partial charge in [-0.2, -0.15) is 0 Å². The fourth-order valence-electron chi connectivity index (χ4n) is 3.13. The maximum absolute atomic E-state index is 12.6. The number of hydrogen-bond donors (Lipinski definition) is 1. The van der Waals surface area contributed by atoms with Crippen LogP contribution in [0, 0.1) is 0 Å². The minimum absolute atomic E-state index is 0.139. The molecule has 1 aromatic carbocycles. The van der Waals surface area contributed by atoms with E-state index < -0.39 is 5.97 Å². The highest BCUT2D eigenvalue weighted by atomic mass is 16.4. The average Bonchev–Trinajstić information content (AvgIpc) is 2.92. The van der Waals surface area contributed by atoms with Crippen molar-refractivity contribution in [3.05, 3.63) is 35.4 Å². The Morgan fingerprint density at radius 3 is 2.24 bits per heavy atom. The van der Waals surface area contributed by atoms with Gasteiger partial charge in [-0.05, 0) is 44.4 Å². The minimum atomic E-state index is -0.942. The van der Waals surface area contributed by atoms with Gasteiger partial charge >= 0.3 is 5.97 Å². The van der Waals surface area contributed by atoms with Gasteiger partial charge in [0.25, 0.3) is 0 Å². The summed E-state index contributed by atoms with van der Waals surface area (Å²) in [5, 5.41) is 8.89. The van der Waals surface area contributed by atoms with Crippen molar-refractivity contribution in [2.75, 3.05) is 0 Å². The molecule has 0 saturated heterocycles. The van der Waals surface area contributed by atoms with Crippen molar-refractivity contribution in [1.82, 2.24) is 4.90 Å². The van der Waals surface area contributed by atoms with Gasteiger partial charge in [0.2, 0.25) is 5.91 Å². The molecule has 1 amide bonds. The van der Waals surface area contributed by atoms with Crippen LogP contribution in [0.25, 0.3) is 0 Å². The fourth-order valence-corrected chi connectivity index (χ4v) is 3.13. The van der Waals surface area contributed by atoms with E-state index in [0.29, 0.717) is 12.5 Å². The number of carbonyl (C=O) groups is 2. The molecule has 21 heavy (non-hydrogen) atoms. The molecule has 0 unspecified atom stereocenters. The maximum atomic E-state index is 12.6. The number of amides is 1. The van der Waals surface area contributed by atoms with Crippen molar-refractivity contribution in [3.63, 3.8) is 0 Å². The average molecular weight is 289 g/mol. The molecule has 0 atom stereocenters. The predicted octanol–water partition coefficient (Wildman–Crippen LogP) is 3.11. The zero-order chi connectivity index (χ0) is 15.4. The molecule has 1 aliphatic rings. The smallest absolute Gasteiger partial charge is 0.335 e. The van der Waals surface area contributed by atoms with Crippen molar-refractivity contribution in [2.45, 2.75) is 58.0 Å². The quantitative estimate of drug-likeness (QED) is 0.906. The first-order valence-electron chi connectivity index (χ1n) is 7.62. The summed E-state index contributed by atoms with van der Waals surface area (Å²) >= 11 is 0. The minimum Gasteiger partial charge on any atom is -0.478 e. The van der Waals surface area contributed by atoms with E-state index in [-0.39, 0.29) is 17.5 Å². The van der Waals surface area contributed by atoms with Gasteiger partial charge in [-0.3, -0.25) is 4.79 Å². The van der Waals surface area contributed by atoms with Gasteiger partial charge in [0.05, 0.1) is 12.0 Å². The second-order valence-corrected chi connectivity index (χ2v) is 6.01. The van der Waals surface area contributed by atoms with Gasteiger partial charge in [-0.25, -0.2) is 4.79 Å². The molecule has 0 aliphatic heterocycles. The summed E-state index contributed by atoms with van der Waals surface area (Å²) in [6, 6.07) is 7.15. The Hall–Kier alpha value is -1.84. The van der Waals surface area contributed by atoms with Gasteiger partial charge in [-0.15, -0.1) is 0 Å². The molecular formula is C17H23NO3. The molecule has 1 saturated carbocycles. The number of aromatic carboxylic acids is 1.